The summed E-state index contributed by atoms with van der Waals surface area (Å²) in [6.07, 6.45) is -0.639. The van der Waals surface area contributed by atoms with Gasteiger partial charge in [0.2, 0.25) is 0 Å². The lowest BCUT2D eigenvalue weighted by molar-refractivity contribution is 0.199. The predicted molar refractivity (Wildman–Crippen MR) is 79.9 cm³/mol. The van der Waals surface area contributed by atoms with Gasteiger partial charge in [-0.05, 0) is 52.7 Å². The van der Waals surface area contributed by atoms with Gasteiger partial charge in [0, 0.05) is 5.69 Å². The van der Waals surface area contributed by atoms with Crippen LogP contribution in [0.5, 0.6) is 0 Å². The standard InChI is InChI=1S/C12H12BrNO3S2/c1-8(15)9-3-2-4-10(7-9)14-19(16,17)12-6-5-11(13)18-12/h2-8,14-15H,1H3. The van der Waals surface area contributed by atoms with E-state index < -0.39 is 16.1 Å². The van der Waals surface area contributed by atoms with Crippen molar-refractivity contribution in [1.29, 1.82) is 0 Å². The van der Waals surface area contributed by atoms with Gasteiger partial charge in [0.15, 0.2) is 0 Å². The lowest BCUT2D eigenvalue weighted by atomic mass is 10.1. The highest BCUT2D eigenvalue weighted by molar-refractivity contribution is 9.11. The summed E-state index contributed by atoms with van der Waals surface area (Å²) < 4.78 is 27.7. The molecule has 2 aromatic rings. The molecule has 19 heavy (non-hydrogen) atoms. The molecule has 0 aliphatic heterocycles. The molecule has 0 aliphatic rings. The fraction of sp³-hybridized carbons (Fsp3) is 0.167. The minimum absolute atomic E-state index is 0.238. The van der Waals surface area contributed by atoms with Crippen LogP contribution in [0.3, 0.4) is 0 Å². The zero-order valence-electron chi connectivity index (χ0n) is 10.00. The van der Waals surface area contributed by atoms with Crippen LogP contribution >= 0.6 is 27.3 Å². The van der Waals surface area contributed by atoms with E-state index in [9.17, 15) is 13.5 Å². The Morgan fingerprint density at radius 3 is 2.63 bits per heavy atom. The van der Waals surface area contributed by atoms with Crippen molar-refractivity contribution >= 4 is 43.0 Å². The van der Waals surface area contributed by atoms with Crippen LogP contribution in [-0.4, -0.2) is 13.5 Å². The summed E-state index contributed by atoms with van der Waals surface area (Å²) in [7, 11) is -3.58. The van der Waals surface area contributed by atoms with E-state index in [1.165, 1.54) is 6.07 Å². The van der Waals surface area contributed by atoms with Gasteiger partial charge in [0.25, 0.3) is 10.0 Å². The van der Waals surface area contributed by atoms with Gasteiger partial charge in [-0.25, -0.2) is 8.42 Å². The Labute approximate surface area is 124 Å². The first-order chi connectivity index (χ1) is 8.88. The van der Waals surface area contributed by atoms with Crippen molar-refractivity contribution < 1.29 is 13.5 Å². The summed E-state index contributed by atoms with van der Waals surface area (Å²) >= 11 is 4.38. The Bertz CT molecular complexity index is 680. The Hall–Kier alpha value is -0.890. The molecule has 2 N–H and O–H groups in total. The molecule has 4 nitrogen and oxygen atoms in total. The number of thiophene rings is 1. The Balaban J connectivity index is 2.28. The maximum atomic E-state index is 12.1. The zero-order chi connectivity index (χ0) is 14.0. The maximum absolute atomic E-state index is 12.1. The van der Waals surface area contributed by atoms with E-state index in [0.29, 0.717) is 11.3 Å². The van der Waals surface area contributed by atoms with Crippen LogP contribution < -0.4 is 4.72 Å². The first-order valence-corrected chi connectivity index (χ1v) is 8.54. The second-order valence-electron chi connectivity index (χ2n) is 3.97. The average Bonchev–Trinajstić information content (AvgIpc) is 2.76. The monoisotopic (exact) mass is 361 g/mol. The van der Waals surface area contributed by atoms with E-state index in [4.69, 9.17) is 0 Å². The van der Waals surface area contributed by atoms with Gasteiger partial charge < -0.3 is 5.11 Å². The molecule has 0 fully saturated rings. The third-order valence-corrected chi connectivity index (χ3v) is 5.93. The Morgan fingerprint density at radius 2 is 2.05 bits per heavy atom. The van der Waals surface area contributed by atoms with Crippen LogP contribution in [0.2, 0.25) is 0 Å². The summed E-state index contributed by atoms with van der Waals surface area (Å²) in [6, 6.07) is 9.92. The molecule has 0 spiro atoms. The fourth-order valence-electron chi connectivity index (χ4n) is 1.51. The lowest BCUT2D eigenvalue weighted by Crippen LogP contribution is -2.11. The summed E-state index contributed by atoms with van der Waals surface area (Å²) in [6.45, 7) is 1.63. The maximum Gasteiger partial charge on any atom is 0.271 e. The Morgan fingerprint density at radius 1 is 1.32 bits per heavy atom. The number of aliphatic hydroxyl groups excluding tert-OH is 1. The average molecular weight is 362 g/mol. The normalized spacial score (nSPS) is 13.2. The van der Waals surface area contributed by atoms with Crippen molar-refractivity contribution in [3.8, 4) is 0 Å². The van der Waals surface area contributed by atoms with Gasteiger partial charge in [-0.3, -0.25) is 4.72 Å². The molecular weight excluding hydrogens is 350 g/mol. The van der Waals surface area contributed by atoms with E-state index in [-0.39, 0.29) is 4.21 Å². The molecule has 1 aromatic carbocycles. The van der Waals surface area contributed by atoms with E-state index in [1.807, 2.05) is 0 Å². The van der Waals surface area contributed by atoms with E-state index in [1.54, 1.807) is 37.3 Å². The summed E-state index contributed by atoms with van der Waals surface area (Å²) in [4.78, 5) is 0. The molecular formula is C12H12BrNO3S2. The number of nitrogens with one attached hydrogen (secondary N) is 1. The fourth-order valence-corrected chi connectivity index (χ4v) is 4.57. The third-order valence-electron chi connectivity index (χ3n) is 2.43. The molecule has 0 amide bonds. The van der Waals surface area contributed by atoms with Crippen molar-refractivity contribution in [2.24, 2.45) is 0 Å². The van der Waals surface area contributed by atoms with Crippen molar-refractivity contribution in [2.75, 3.05) is 4.72 Å². The van der Waals surface area contributed by atoms with Crippen LogP contribution in [0.1, 0.15) is 18.6 Å². The van der Waals surface area contributed by atoms with Gasteiger partial charge in [0.1, 0.15) is 4.21 Å². The number of aliphatic hydroxyl groups is 1. The second kappa shape index (κ2) is 5.62. The van der Waals surface area contributed by atoms with Crippen LogP contribution in [0.4, 0.5) is 5.69 Å². The zero-order valence-corrected chi connectivity index (χ0v) is 13.2. The molecule has 1 unspecified atom stereocenters. The first-order valence-electron chi connectivity index (χ1n) is 5.45. The van der Waals surface area contributed by atoms with Crippen LogP contribution in [0.25, 0.3) is 0 Å². The first kappa shape index (κ1) is 14.5. The number of benzene rings is 1. The SMILES string of the molecule is CC(O)c1cccc(NS(=O)(=O)c2ccc(Br)s2)c1. The van der Waals surface area contributed by atoms with Gasteiger partial charge in [-0.15, -0.1) is 11.3 Å². The highest BCUT2D eigenvalue weighted by atomic mass is 79.9. The highest BCUT2D eigenvalue weighted by Gasteiger charge is 2.16. The Kier molecular flexibility index (Phi) is 4.29. The van der Waals surface area contributed by atoms with Gasteiger partial charge in [-0.2, -0.15) is 0 Å². The molecule has 0 aliphatic carbocycles. The molecule has 0 bridgehead atoms. The number of anilines is 1. The van der Waals surface area contributed by atoms with Crippen molar-refractivity contribution in [3.63, 3.8) is 0 Å². The van der Waals surface area contributed by atoms with Crippen LogP contribution in [-0.2, 0) is 10.0 Å². The van der Waals surface area contributed by atoms with E-state index in [0.717, 1.165) is 15.1 Å². The molecule has 1 heterocycles. The van der Waals surface area contributed by atoms with E-state index >= 15 is 0 Å². The minimum atomic E-state index is -3.58. The summed E-state index contributed by atoms with van der Waals surface area (Å²) in [5.41, 5.74) is 1.09. The molecule has 102 valence electrons. The summed E-state index contributed by atoms with van der Waals surface area (Å²) in [5, 5.41) is 9.49. The van der Waals surface area contributed by atoms with Crippen LogP contribution in [0.15, 0.2) is 44.4 Å². The minimum Gasteiger partial charge on any atom is -0.389 e. The molecule has 0 saturated heterocycles. The largest absolute Gasteiger partial charge is 0.389 e. The quantitative estimate of drug-likeness (QED) is 0.877. The van der Waals surface area contributed by atoms with Gasteiger partial charge >= 0.3 is 0 Å². The van der Waals surface area contributed by atoms with Crippen LogP contribution in [0, 0.1) is 0 Å². The van der Waals surface area contributed by atoms with Gasteiger partial charge in [-0.1, -0.05) is 12.1 Å². The smallest absolute Gasteiger partial charge is 0.271 e. The summed E-state index contributed by atoms with van der Waals surface area (Å²) in [5.74, 6) is 0. The number of hydrogen-bond donors (Lipinski definition) is 2. The molecule has 1 aromatic heterocycles. The van der Waals surface area contributed by atoms with E-state index in [2.05, 4.69) is 20.7 Å². The van der Waals surface area contributed by atoms with Gasteiger partial charge in [0.05, 0.1) is 9.89 Å². The molecule has 2 rings (SSSR count). The number of hydrogen-bond acceptors (Lipinski definition) is 4. The van der Waals surface area contributed by atoms with Crippen molar-refractivity contribution in [2.45, 2.75) is 17.2 Å². The second-order valence-corrected chi connectivity index (χ2v) is 8.34. The topological polar surface area (TPSA) is 66.4 Å². The number of halogens is 1. The molecule has 7 heteroatoms. The number of rotatable bonds is 4. The molecule has 1 atom stereocenters. The van der Waals surface area contributed by atoms with Crippen molar-refractivity contribution in [1.82, 2.24) is 0 Å². The van der Waals surface area contributed by atoms with Crippen molar-refractivity contribution in [3.05, 3.63) is 45.7 Å². The lowest BCUT2D eigenvalue weighted by Gasteiger charge is -2.09. The number of sulfonamides is 1. The molecule has 0 radical (unpaired) electrons. The molecule has 0 saturated carbocycles. The highest BCUT2D eigenvalue weighted by Crippen LogP contribution is 2.28. The predicted octanol–water partition coefficient (Wildman–Crippen LogP) is 3.36. The third kappa shape index (κ3) is 3.56.